The highest BCUT2D eigenvalue weighted by atomic mass is 16.7. The molecule has 0 aromatic heterocycles. The second-order valence-electron chi connectivity index (χ2n) is 15.2. The lowest BCUT2D eigenvalue weighted by molar-refractivity contribution is -0.304. The Hall–Kier alpha value is -1.50. The minimum absolute atomic E-state index is 0.0360. The molecule has 1 spiro atoms. The molecule has 0 unspecified atom stereocenters. The lowest BCUT2D eigenvalue weighted by Crippen LogP contribution is -2.68. The summed E-state index contributed by atoms with van der Waals surface area (Å²) in [5.41, 5.74) is -1.78. The average molecular weight is 513 g/mol. The molecule has 0 aromatic carbocycles. The van der Waals surface area contributed by atoms with Crippen LogP contribution in [0.2, 0.25) is 0 Å². The van der Waals surface area contributed by atoms with E-state index in [1.807, 2.05) is 32.9 Å². The summed E-state index contributed by atoms with van der Waals surface area (Å²) in [4.78, 5) is 28.4. The van der Waals surface area contributed by atoms with Crippen molar-refractivity contribution < 1.29 is 28.9 Å². The van der Waals surface area contributed by atoms with Crippen molar-refractivity contribution in [1.29, 1.82) is 0 Å². The highest BCUT2D eigenvalue weighted by Crippen LogP contribution is 2.73. The standard InChI is InChI=1S/C31H44O6/c1-15-13-30-16(2)11-19-20(26(19,3)4)18(22(30)32)12-17-14-35-29(9,10)37-24(17)31(30,34)23(15)36-25(33)21-27(5,6)28(21,7)8/h12-13,16,18-21,23-24,34H,11,14H2,1-10H3/t16-,18+,19-,20+,23+,24-,30+,31-/m1/s1. The lowest BCUT2D eigenvalue weighted by atomic mass is 9.59. The number of aliphatic hydroxyl groups is 1. The van der Waals surface area contributed by atoms with Gasteiger partial charge in [0.1, 0.15) is 6.10 Å². The van der Waals surface area contributed by atoms with Crippen molar-refractivity contribution in [2.24, 2.45) is 51.2 Å². The molecule has 6 aliphatic rings. The molecule has 5 aliphatic carbocycles. The van der Waals surface area contributed by atoms with Gasteiger partial charge in [-0.3, -0.25) is 9.59 Å². The molecule has 6 rings (SSSR count). The summed E-state index contributed by atoms with van der Waals surface area (Å²) in [7, 11) is 0. The summed E-state index contributed by atoms with van der Waals surface area (Å²) >= 11 is 0. The lowest BCUT2D eigenvalue weighted by Gasteiger charge is -2.52. The molecule has 4 fully saturated rings. The molecule has 3 saturated carbocycles. The Morgan fingerprint density at radius 1 is 1.08 bits per heavy atom. The molecule has 0 amide bonds. The van der Waals surface area contributed by atoms with Crippen molar-refractivity contribution in [2.75, 3.05) is 6.61 Å². The van der Waals surface area contributed by atoms with Crippen molar-refractivity contribution in [2.45, 2.75) is 99.3 Å². The molecular formula is C31H44O6. The predicted octanol–water partition coefficient (Wildman–Crippen LogP) is 4.85. The van der Waals surface area contributed by atoms with Gasteiger partial charge in [-0.2, -0.15) is 0 Å². The van der Waals surface area contributed by atoms with Gasteiger partial charge < -0.3 is 19.3 Å². The van der Waals surface area contributed by atoms with E-state index in [4.69, 9.17) is 14.2 Å². The molecule has 1 N–H and O–H groups in total. The molecular weight excluding hydrogens is 468 g/mol. The summed E-state index contributed by atoms with van der Waals surface area (Å²) in [5, 5.41) is 13.1. The largest absolute Gasteiger partial charge is 0.454 e. The number of ketones is 1. The molecule has 1 heterocycles. The van der Waals surface area contributed by atoms with Gasteiger partial charge in [-0.1, -0.05) is 60.6 Å². The fourth-order valence-electron chi connectivity index (χ4n) is 9.27. The number of allylic oxidation sites excluding steroid dienone is 1. The SMILES string of the molecule is CC1=C[C@]23C(=O)[C@@H](C=C4COC(C)(C)O[C@H]4[C@]2(O)[C@H]1OC(=O)C1C(C)(C)C1(C)C)[C@H]1[C@@H](C[C@H]3C)C1(C)C. The second-order valence-corrected chi connectivity index (χ2v) is 15.2. The maximum atomic E-state index is 14.7. The van der Waals surface area contributed by atoms with Crippen molar-refractivity contribution in [3.63, 3.8) is 0 Å². The quantitative estimate of drug-likeness (QED) is 0.421. The topological polar surface area (TPSA) is 82.1 Å². The van der Waals surface area contributed by atoms with Gasteiger partial charge in [0.05, 0.1) is 17.9 Å². The number of rotatable bonds is 2. The van der Waals surface area contributed by atoms with Gasteiger partial charge in [0.2, 0.25) is 0 Å². The number of carbonyl (C=O) groups excluding carboxylic acids is 2. The minimum atomic E-state index is -1.75. The summed E-state index contributed by atoms with van der Waals surface area (Å²) < 4.78 is 18.9. The Morgan fingerprint density at radius 3 is 2.30 bits per heavy atom. The molecule has 6 heteroatoms. The third kappa shape index (κ3) is 2.88. The molecule has 204 valence electrons. The van der Waals surface area contributed by atoms with Crippen LogP contribution in [-0.2, 0) is 23.8 Å². The van der Waals surface area contributed by atoms with Gasteiger partial charge in [0.15, 0.2) is 23.3 Å². The van der Waals surface area contributed by atoms with E-state index in [1.165, 1.54) is 0 Å². The smallest absolute Gasteiger partial charge is 0.310 e. The van der Waals surface area contributed by atoms with E-state index < -0.39 is 29.0 Å². The first kappa shape index (κ1) is 25.8. The number of hydrogen-bond donors (Lipinski definition) is 1. The van der Waals surface area contributed by atoms with Crippen LogP contribution < -0.4 is 0 Å². The van der Waals surface area contributed by atoms with Crippen LogP contribution in [0.3, 0.4) is 0 Å². The minimum Gasteiger partial charge on any atom is -0.454 e. The Kier molecular flexibility index (Phi) is 4.86. The number of Topliss-reactive ketones (excluding diaryl/α,β-unsaturated/α-hetero) is 1. The van der Waals surface area contributed by atoms with E-state index in [-0.39, 0.29) is 58.3 Å². The van der Waals surface area contributed by atoms with Crippen LogP contribution in [0.15, 0.2) is 23.3 Å². The summed E-state index contributed by atoms with van der Waals surface area (Å²) in [6.07, 6.45) is 3.04. The zero-order valence-corrected chi connectivity index (χ0v) is 24.1. The fourth-order valence-corrected chi connectivity index (χ4v) is 9.27. The van der Waals surface area contributed by atoms with Gasteiger partial charge in [0.25, 0.3) is 0 Å². The van der Waals surface area contributed by atoms with Crippen molar-refractivity contribution >= 4 is 11.8 Å². The molecule has 6 nitrogen and oxygen atoms in total. The third-order valence-electron chi connectivity index (χ3n) is 12.2. The number of carbonyl (C=O) groups is 2. The number of esters is 1. The monoisotopic (exact) mass is 512 g/mol. The molecule has 1 saturated heterocycles. The van der Waals surface area contributed by atoms with Gasteiger partial charge in [0, 0.05) is 5.92 Å². The molecule has 0 aromatic rings. The van der Waals surface area contributed by atoms with Crippen LogP contribution in [0.5, 0.6) is 0 Å². The molecule has 37 heavy (non-hydrogen) atoms. The van der Waals surface area contributed by atoms with E-state index in [1.54, 1.807) is 0 Å². The first-order chi connectivity index (χ1) is 16.9. The molecule has 8 atom stereocenters. The van der Waals surface area contributed by atoms with Gasteiger partial charge in [-0.05, 0) is 72.3 Å². The Morgan fingerprint density at radius 2 is 1.70 bits per heavy atom. The summed E-state index contributed by atoms with van der Waals surface area (Å²) in [5.74, 6) is -1.35. The Bertz CT molecular complexity index is 1140. The number of hydrogen-bond acceptors (Lipinski definition) is 6. The van der Waals surface area contributed by atoms with E-state index in [0.717, 1.165) is 17.6 Å². The van der Waals surface area contributed by atoms with Crippen molar-refractivity contribution in [1.82, 2.24) is 0 Å². The normalized spacial score (nSPS) is 47.8. The van der Waals surface area contributed by atoms with Crippen LogP contribution >= 0.6 is 0 Å². The van der Waals surface area contributed by atoms with Gasteiger partial charge in [-0.25, -0.2) is 0 Å². The van der Waals surface area contributed by atoms with E-state index in [2.05, 4.69) is 48.5 Å². The molecule has 1 aliphatic heterocycles. The molecule has 0 radical (unpaired) electrons. The average Bonchev–Trinajstić information content (AvgIpc) is 3.44. The first-order valence-corrected chi connectivity index (χ1v) is 14.0. The number of ether oxygens (including phenoxy) is 3. The van der Waals surface area contributed by atoms with E-state index >= 15 is 0 Å². The third-order valence-corrected chi connectivity index (χ3v) is 12.2. The highest BCUT2D eigenvalue weighted by molar-refractivity contribution is 5.95. The maximum Gasteiger partial charge on any atom is 0.310 e. The van der Waals surface area contributed by atoms with Gasteiger partial charge >= 0.3 is 5.97 Å². The second kappa shape index (κ2) is 6.98. The zero-order valence-electron chi connectivity index (χ0n) is 24.1. The predicted molar refractivity (Wildman–Crippen MR) is 138 cm³/mol. The highest BCUT2D eigenvalue weighted by Gasteiger charge is 2.78. The summed E-state index contributed by atoms with van der Waals surface area (Å²) in [6, 6.07) is 0. The summed E-state index contributed by atoms with van der Waals surface area (Å²) in [6.45, 7) is 20.8. The van der Waals surface area contributed by atoms with Crippen LogP contribution in [0.1, 0.15) is 75.7 Å². The van der Waals surface area contributed by atoms with E-state index in [9.17, 15) is 14.7 Å². The fraction of sp³-hybridized carbons (Fsp3) is 0.806. The van der Waals surface area contributed by atoms with Crippen LogP contribution in [0.4, 0.5) is 0 Å². The van der Waals surface area contributed by atoms with Crippen molar-refractivity contribution in [3.8, 4) is 0 Å². The maximum absolute atomic E-state index is 14.7. The van der Waals surface area contributed by atoms with E-state index in [0.29, 0.717) is 5.92 Å². The Balaban J connectivity index is 1.50. The van der Waals surface area contributed by atoms with Crippen LogP contribution in [0, 0.1) is 51.2 Å². The van der Waals surface area contributed by atoms with Gasteiger partial charge in [-0.15, -0.1) is 0 Å². The Labute approximate surface area is 221 Å². The van der Waals surface area contributed by atoms with Crippen LogP contribution in [-0.4, -0.2) is 47.1 Å². The first-order valence-electron chi connectivity index (χ1n) is 14.0. The van der Waals surface area contributed by atoms with Crippen LogP contribution in [0.25, 0.3) is 0 Å². The molecule has 2 bridgehead atoms. The zero-order chi connectivity index (χ0) is 27.3. The van der Waals surface area contributed by atoms with Crippen molar-refractivity contribution in [3.05, 3.63) is 23.3 Å². The number of fused-ring (bicyclic) bond motifs is 5.